The van der Waals surface area contributed by atoms with Crippen LogP contribution in [0.15, 0.2) is 34.3 Å². The lowest BCUT2D eigenvalue weighted by molar-refractivity contribution is -0.160. The molecule has 3 aliphatic carbocycles. The van der Waals surface area contributed by atoms with Crippen LogP contribution in [0.5, 0.6) is 0 Å². The lowest BCUT2D eigenvalue weighted by Gasteiger charge is -2.53. The van der Waals surface area contributed by atoms with Gasteiger partial charge in [0, 0.05) is 68.7 Å². The first-order chi connectivity index (χ1) is 17.0. The van der Waals surface area contributed by atoms with Gasteiger partial charge in [0.05, 0.1) is 17.6 Å². The summed E-state index contributed by atoms with van der Waals surface area (Å²) in [5.41, 5.74) is -1.44. The highest BCUT2D eigenvalue weighted by molar-refractivity contribution is 6.14. The van der Waals surface area contributed by atoms with Crippen molar-refractivity contribution < 1.29 is 43.6 Å². The zero-order valence-corrected chi connectivity index (χ0v) is 21.0. The number of ether oxygens (including phenoxy) is 3. The smallest absolute Gasteiger partial charge is 0.340 e. The van der Waals surface area contributed by atoms with E-state index in [9.17, 15) is 24.3 Å². The summed E-state index contributed by atoms with van der Waals surface area (Å²) in [5, 5.41) is 23.3. The fourth-order valence-corrected chi connectivity index (χ4v) is 6.45. The Labute approximate surface area is 209 Å². The molecule has 10 nitrogen and oxygen atoms in total. The fraction of sp³-hybridized carbons (Fsp3) is 0.615. The van der Waals surface area contributed by atoms with Crippen LogP contribution in [-0.4, -0.2) is 72.8 Å². The first-order valence-corrected chi connectivity index (χ1v) is 12.2. The molecule has 0 aromatic carbocycles. The average Bonchev–Trinajstić information content (AvgIpc) is 3.10. The number of allylic oxidation sites excluding steroid dienone is 1. The van der Waals surface area contributed by atoms with Crippen molar-refractivity contribution in [3.05, 3.63) is 34.3 Å². The summed E-state index contributed by atoms with van der Waals surface area (Å²) in [6, 6.07) is 0. The monoisotopic (exact) mass is 503 g/mol. The SMILES string of the molecule is COC[C@H]1OC(=O)/C(=C\NCCCO)C2=C(O)C(=O)C3=C([C@H](OC(C)=O)C[C@]4(C)C(=O)CC[C@@H]34)[C@]21C. The van der Waals surface area contributed by atoms with Gasteiger partial charge in [-0.1, -0.05) is 6.92 Å². The summed E-state index contributed by atoms with van der Waals surface area (Å²) in [7, 11) is 1.45. The summed E-state index contributed by atoms with van der Waals surface area (Å²) in [5.74, 6) is -3.06. The fourth-order valence-electron chi connectivity index (χ4n) is 6.45. The van der Waals surface area contributed by atoms with E-state index in [2.05, 4.69) is 5.32 Å². The van der Waals surface area contributed by atoms with E-state index >= 15 is 0 Å². The average molecular weight is 504 g/mol. The van der Waals surface area contributed by atoms with Crippen LogP contribution < -0.4 is 5.32 Å². The van der Waals surface area contributed by atoms with Crippen molar-refractivity contribution in [2.45, 2.75) is 58.7 Å². The number of fused-ring (bicyclic) bond motifs is 4. The Hall–Kier alpha value is -2.98. The maximum atomic E-state index is 13.8. The zero-order chi connectivity index (χ0) is 26.4. The van der Waals surface area contributed by atoms with Crippen LogP contribution in [0, 0.1) is 16.7 Å². The van der Waals surface area contributed by atoms with E-state index in [1.54, 1.807) is 13.8 Å². The van der Waals surface area contributed by atoms with Crippen molar-refractivity contribution in [1.29, 1.82) is 0 Å². The van der Waals surface area contributed by atoms with Crippen molar-refractivity contribution >= 4 is 23.5 Å². The number of nitrogens with one attached hydrogen (secondary N) is 1. The van der Waals surface area contributed by atoms with Crippen LogP contribution >= 0.6 is 0 Å². The van der Waals surface area contributed by atoms with Gasteiger partial charge in [-0.05, 0) is 25.3 Å². The van der Waals surface area contributed by atoms with Crippen LogP contribution in [0.4, 0.5) is 0 Å². The minimum atomic E-state index is -1.27. The number of carbonyl (C=O) groups excluding carboxylic acids is 4. The molecule has 4 rings (SSSR count). The van der Waals surface area contributed by atoms with Gasteiger partial charge in [0.15, 0.2) is 5.76 Å². The molecule has 3 N–H and O–H groups in total. The third-order valence-corrected chi connectivity index (χ3v) is 8.15. The Morgan fingerprint density at radius 1 is 1.28 bits per heavy atom. The molecule has 1 aliphatic heterocycles. The quantitative estimate of drug-likeness (QED) is 0.265. The van der Waals surface area contributed by atoms with E-state index in [1.165, 1.54) is 20.2 Å². The van der Waals surface area contributed by atoms with Gasteiger partial charge in [-0.15, -0.1) is 0 Å². The maximum Gasteiger partial charge on any atom is 0.340 e. The number of cyclic esters (lactones) is 1. The van der Waals surface area contributed by atoms with Gasteiger partial charge in [0.25, 0.3) is 0 Å². The van der Waals surface area contributed by atoms with Crippen molar-refractivity contribution in [3.63, 3.8) is 0 Å². The summed E-state index contributed by atoms with van der Waals surface area (Å²) < 4.78 is 16.9. The Bertz CT molecular complexity index is 1100. The molecule has 1 saturated carbocycles. The molecule has 2 fully saturated rings. The highest BCUT2D eigenvalue weighted by Crippen LogP contribution is 2.62. The Morgan fingerprint density at radius 2 is 2.00 bits per heavy atom. The lowest BCUT2D eigenvalue weighted by atomic mass is 9.53. The number of ketones is 2. The second kappa shape index (κ2) is 9.48. The highest BCUT2D eigenvalue weighted by Gasteiger charge is 2.64. The van der Waals surface area contributed by atoms with Crippen LogP contribution in [0.3, 0.4) is 0 Å². The number of methoxy groups -OCH3 is 1. The molecule has 36 heavy (non-hydrogen) atoms. The molecule has 5 atom stereocenters. The number of hydrogen-bond donors (Lipinski definition) is 3. The first kappa shape index (κ1) is 26.1. The van der Waals surface area contributed by atoms with Gasteiger partial charge in [0.1, 0.15) is 18.0 Å². The topological polar surface area (TPSA) is 148 Å². The Balaban J connectivity index is 1.96. The number of esters is 2. The highest BCUT2D eigenvalue weighted by atomic mass is 16.6. The van der Waals surface area contributed by atoms with E-state index in [1.807, 2.05) is 0 Å². The summed E-state index contributed by atoms with van der Waals surface area (Å²) in [4.78, 5) is 52.0. The molecule has 0 unspecified atom stereocenters. The second-order valence-corrected chi connectivity index (χ2v) is 10.3. The third kappa shape index (κ3) is 3.78. The van der Waals surface area contributed by atoms with Gasteiger partial charge < -0.3 is 29.7 Å². The minimum Gasteiger partial charge on any atom is -0.504 e. The number of Topliss-reactive ketones (excluding diaryl/α,β-unsaturated/α-hetero) is 2. The van der Waals surface area contributed by atoms with Crippen molar-refractivity contribution in [1.82, 2.24) is 5.32 Å². The number of hydrogen-bond acceptors (Lipinski definition) is 10. The molecule has 4 aliphatic rings. The van der Waals surface area contributed by atoms with E-state index < -0.39 is 52.4 Å². The third-order valence-electron chi connectivity index (χ3n) is 8.15. The van der Waals surface area contributed by atoms with Crippen molar-refractivity contribution in [2.24, 2.45) is 16.7 Å². The van der Waals surface area contributed by atoms with Crippen molar-refractivity contribution in [2.75, 3.05) is 26.9 Å². The molecule has 0 aromatic heterocycles. The minimum absolute atomic E-state index is 0.0133. The van der Waals surface area contributed by atoms with Gasteiger partial charge in [-0.3, -0.25) is 14.4 Å². The molecular weight excluding hydrogens is 470 g/mol. The first-order valence-electron chi connectivity index (χ1n) is 12.2. The molecule has 10 heteroatoms. The molecule has 196 valence electrons. The molecule has 0 amide bonds. The Kier molecular flexibility index (Phi) is 6.87. The number of aliphatic hydroxyl groups excluding tert-OH is 2. The van der Waals surface area contributed by atoms with Gasteiger partial charge in [-0.2, -0.15) is 0 Å². The molecule has 0 radical (unpaired) electrons. The largest absolute Gasteiger partial charge is 0.504 e. The lowest BCUT2D eigenvalue weighted by Crippen LogP contribution is -2.57. The molecule has 0 spiro atoms. The molecule has 1 saturated heterocycles. The summed E-state index contributed by atoms with van der Waals surface area (Å²) in [6.45, 7) is 5.04. The maximum absolute atomic E-state index is 13.8. The van der Waals surface area contributed by atoms with Gasteiger partial charge in [0.2, 0.25) is 5.78 Å². The normalized spacial score (nSPS) is 34.9. The molecule has 0 bridgehead atoms. The van der Waals surface area contributed by atoms with Crippen LogP contribution in [-0.2, 0) is 33.4 Å². The van der Waals surface area contributed by atoms with Gasteiger partial charge in [-0.25, -0.2) is 4.79 Å². The molecular formula is C26H33NO9. The summed E-state index contributed by atoms with van der Waals surface area (Å²) >= 11 is 0. The van der Waals surface area contributed by atoms with Gasteiger partial charge >= 0.3 is 11.9 Å². The molecule has 0 aromatic rings. The van der Waals surface area contributed by atoms with E-state index in [-0.39, 0.29) is 48.6 Å². The Morgan fingerprint density at radius 3 is 2.64 bits per heavy atom. The van der Waals surface area contributed by atoms with Crippen LogP contribution in [0.2, 0.25) is 0 Å². The standard InChI is InChI=1S/C26H33NO9/c1-13(29)35-16-10-25(2)15(6-7-17(25)30)19-21(16)26(3)18(12-34-4)36-24(33)14(11-27-8-5-9-28)20(26)23(32)22(19)31/h11,15-16,18,27-28,32H,5-10,12H2,1-4H3/b14-11-/t15-,16+,18+,25-,26-/m0/s1. The van der Waals surface area contributed by atoms with E-state index in [4.69, 9.17) is 19.3 Å². The predicted molar refractivity (Wildman–Crippen MR) is 125 cm³/mol. The predicted octanol–water partition coefficient (Wildman–Crippen LogP) is 1.43. The van der Waals surface area contributed by atoms with E-state index in [0.29, 0.717) is 25.0 Å². The molecule has 1 heterocycles. The van der Waals surface area contributed by atoms with E-state index in [0.717, 1.165) is 0 Å². The number of carbonyl (C=O) groups is 4. The summed E-state index contributed by atoms with van der Waals surface area (Å²) in [6.07, 6.45) is 0.833. The number of rotatable bonds is 7. The van der Waals surface area contributed by atoms with Crippen molar-refractivity contribution in [3.8, 4) is 0 Å². The number of aliphatic hydroxyl groups is 2. The van der Waals surface area contributed by atoms with Crippen LogP contribution in [0.1, 0.15) is 46.5 Å². The zero-order valence-electron chi connectivity index (χ0n) is 21.0. The van der Waals surface area contributed by atoms with Crippen LogP contribution in [0.25, 0.3) is 0 Å². The second-order valence-electron chi connectivity index (χ2n) is 10.3.